The summed E-state index contributed by atoms with van der Waals surface area (Å²) in [7, 11) is 0. The normalized spacial score (nSPS) is 32.3. The van der Waals surface area contributed by atoms with E-state index >= 15 is 0 Å². The van der Waals surface area contributed by atoms with Crippen molar-refractivity contribution in [3.05, 3.63) is 54.1 Å². The Hall–Kier alpha value is -2.34. The molecular weight excluding hydrogens is 422 g/mol. The number of anilines is 1. The Labute approximate surface area is 171 Å². The minimum Gasteiger partial charge on any atom is -0.461 e. The van der Waals surface area contributed by atoms with Gasteiger partial charge in [-0.1, -0.05) is 28.1 Å². The molecule has 5 nitrogen and oxygen atoms in total. The lowest BCUT2D eigenvalue weighted by Gasteiger charge is -2.27. The fourth-order valence-electron chi connectivity index (χ4n) is 4.98. The lowest BCUT2D eigenvalue weighted by molar-refractivity contribution is -0.145. The highest BCUT2D eigenvalue weighted by Gasteiger charge is 2.67. The molecule has 1 N–H and O–H groups in total. The van der Waals surface area contributed by atoms with Gasteiger partial charge in [0, 0.05) is 11.6 Å². The highest BCUT2D eigenvalue weighted by molar-refractivity contribution is 9.09. The van der Waals surface area contributed by atoms with Crippen LogP contribution in [0.5, 0.6) is 11.5 Å². The van der Waals surface area contributed by atoms with E-state index in [9.17, 15) is 9.59 Å². The molecule has 0 unspecified atom stereocenters. The van der Waals surface area contributed by atoms with Crippen LogP contribution < -0.4 is 10.1 Å². The van der Waals surface area contributed by atoms with Gasteiger partial charge >= 0.3 is 5.97 Å². The minimum absolute atomic E-state index is 0.0652. The van der Waals surface area contributed by atoms with Crippen molar-refractivity contribution in [2.75, 3.05) is 5.32 Å². The van der Waals surface area contributed by atoms with E-state index in [1.54, 1.807) is 0 Å². The van der Waals surface area contributed by atoms with Crippen LogP contribution in [0, 0.1) is 30.6 Å². The van der Waals surface area contributed by atoms with Gasteiger partial charge in [-0.05, 0) is 61.2 Å². The number of fused-ring (bicyclic) bond motifs is 1. The zero-order valence-corrected chi connectivity index (χ0v) is 16.9. The lowest BCUT2D eigenvalue weighted by atomic mass is 9.79. The number of hydrogen-bond acceptors (Lipinski definition) is 4. The Bertz CT molecular complexity index is 944. The highest BCUT2D eigenvalue weighted by Crippen LogP contribution is 2.60. The highest BCUT2D eigenvalue weighted by atomic mass is 79.9. The summed E-state index contributed by atoms with van der Waals surface area (Å²) in [5, 5.41) is 2.97. The number of halogens is 1. The van der Waals surface area contributed by atoms with E-state index in [-0.39, 0.29) is 46.5 Å². The van der Waals surface area contributed by atoms with Crippen molar-refractivity contribution >= 4 is 33.5 Å². The van der Waals surface area contributed by atoms with Gasteiger partial charge in [0.05, 0.1) is 16.7 Å². The van der Waals surface area contributed by atoms with Crippen molar-refractivity contribution in [2.24, 2.45) is 23.7 Å². The maximum atomic E-state index is 12.9. The largest absolute Gasteiger partial charge is 0.461 e. The summed E-state index contributed by atoms with van der Waals surface area (Å²) in [4.78, 5) is 25.2. The summed E-state index contributed by atoms with van der Waals surface area (Å²) in [5.74, 6) is 0.838. The molecule has 2 bridgehead atoms. The van der Waals surface area contributed by atoms with Crippen LogP contribution >= 0.6 is 15.9 Å². The molecule has 1 amide bonds. The average Bonchev–Trinajstić information content (AvgIpc) is 3.28. The zero-order valence-electron chi connectivity index (χ0n) is 15.3. The Morgan fingerprint density at radius 1 is 1.14 bits per heavy atom. The quantitative estimate of drug-likeness (QED) is 0.567. The van der Waals surface area contributed by atoms with Crippen LogP contribution in [-0.2, 0) is 14.3 Å². The first kappa shape index (κ1) is 17.7. The second-order valence-corrected chi connectivity index (χ2v) is 8.95. The number of esters is 1. The number of benzene rings is 2. The van der Waals surface area contributed by atoms with Crippen LogP contribution in [-0.4, -0.2) is 22.8 Å². The Balaban J connectivity index is 1.28. The molecule has 28 heavy (non-hydrogen) atoms. The van der Waals surface area contributed by atoms with Crippen LogP contribution in [0.1, 0.15) is 12.0 Å². The fraction of sp³-hybridized carbons (Fsp3) is 0.364. The van der Waals surface area contributed by atoms with Gasteiger partial charge in [0.15, 0.2) is 0 Å². The first-order chi connectivity index (χ1) is 13.5. The third kappa shape index (κ3) is 2.82. The molecule has 2 aliphatic carbocycles. The van der Waals surface area contributed by atoms with Crippen LogP contribution in [0.25, 0.3) is 0 Å². The van der Waals surface area contributed by atoms with Crippen LogP contribution in [0.2, 0.25) is 0 Å². The number of aryl methyl sites for hydroxylation is 1. The minimum atomic E-state index is -0.330. The van der Waals surface area contributed by atoms with Crippen molar-refractivity contribution in [3.63, 3.8) is 0 Å². The number of amides is 1. The van der Waals surface area contributed by atoms with Gasteiger partial charge in [0.25, 0.3) is 0 Å². The van der Waals surface area contributed by atoms with E-state index < -0.39 is 0 Å². The summed E-state index contributed by atoms with van der Waals surface area (Å²) in [6, 6.07) is 15.1. The van der Waals surface area contributed by atoms with Gasteiger partial charge in [-0.3, -0.25) is 9.59 Å². The SMILES string of the molecule is Cc1cccc(Oc2ccc(NC(=O)[C@@H]3[C@H]4C[C@H]5[C@H](OC(=O)[C@@H]53)[C@H]4Br)cc2)c1. The molecule has 6 atom stereocenters. The Morgan fingerprint density at radius 3 is 2.68 bits per heavy atom. The molecule has 2 aromatic carbocycles. The summed E-state index contributed by atoms with van der Waals surface area (Å²) in [5.41, 5.74) is 1.82. The molecule has 2 saturated carbocycles. The monoisotopic (exact) mass is 441 g/mol. The van der Waals surface area contributed by atoms with Gasteiger partial charge in [-0.15, -0.1) is 0 Å². The standard InChI is InChI=1S/C22H20BrNO4/c1-11-3-2-4-14(9-11)27-13-7-5-12(6-8-13)24-21(25)17-15-10-16-18(17)22(26)28-20(16)19(15)23/h2-9,15-20H,10H2,1H3,(H,24,25)/t15-,16-,17-,18+,19+,20+/m1/s1. The molecular formula is C22H20BrNO4. The van der Waals surface area contributed by atoms with Crippen molar-refractivity contribution in [1.29, 1.82) is 0 Å². The number of ether oxygens (including phenoxy) is 2. The van der Waals surface area contributed by atoms with Crippen molar-refractivity contribution in [1.82, 2.24) is 0 Å². The van der Waals surface area contributed by atoms with Gasteiger partial charge in [0.2, 0.25) is 5.91 Å². The van der Waals surface area contributed by atoms with Crippen molar-refractivity contribution in [3.8, 4) is 11.5 Å². The molecule has 3 fully saturated rings. The van der Waals surface area contributed by atoms with Crippen molar-refractivity contribution < 1.29 is 19.1 Å². The number of hydrogen-bond donors (Lipinski definition) is 1. The van der Waals surface area contributed by atoms with Gasteiger partial charge in [0.1, 0.15) is 17.6 Å². The smallest absolute Gasteiger partial charge is 0.310 e. The summed E-state index contributed by atoms with van der Waals surface area (Å²) >= 11 is 3.64. The molecule has 5 rings (SSSR count). The summed E-state index contributed by atoms with van der Waals surface area (Å²) in [6.45, 7) is 2.01. The molecule has 1 saturated heterocycles. The number of carbonyl (C=O) groups is 2. The third-order valence-electron chi connectivity index (χ3n) is 6.17. The zero-order chi connectivity index (χ0) is 19.4. The van der Waals surface area contributed by atoms with E-state index in [1.807, 2.05) is 55.5 Å². The predicted octanol–water partition coefficient (Wildman–Crippen LogP) is 4.30. The summed E-state index contributed by atoms with van der Waals surface area (Å²) < 4.78 is 11.3. The molecule has 2 aromatic rings. The molecule has 0 spiro atoms. The van der Waals surface area contributed by atoms with E-state index in [4.69, 9.17) is 9.47 Å². The molecule has 144 valence electrons. The van der Waals surface area contributed by atoms with Crippen LogP contribution in [0.4, 0.5) is 5.69 Å². The predicted molar refractivity (Wildman–Crippen MR) is 107 cm³/mol. The fourth-order valence-corrected chi connectivity index (χ4v) is 6.02. The summed E-state index contributed by atoms with van der Waals surface area (Å²) in [6.07, 6.45) is 0.808. The number of nitrogens with one attached hydrogen (secondary N) is 1. The molecule has 0 aromatic heterocycles. The molecule has 0 radical (unpaired) electrons. The number of carbonyl (C=O) groups excluding carboxylic acids is 2. The molecule has 1 aliphatic heterocycles. The van der Waals surface area contributed by atoms with Crippen LogP contribution in [0.3, 0.4) is 0 Å². The van der Waals surface area contributed by atoms with E-state index in [0.29, 0.717) is 11.4 Å². The third-order valence-corrected chi connectivity index (χ3v) is 7.37. The van der Waals surface area contributed by atoms with Gasteiger partial charge in [-0.2, -0.15) is 0 Å². The first-order valence-corrected chi connectivity index (χ1v) is 10.4. The van der Waals surface area contributed by atoms with Crippen molar-refractivity contribution in [2.45, 2.75) is 24.3 Å². The Kier molecular flexibility index (Phi) is 4.19. The average molecular weight is 442 g/mol. The maximum absolute atomic E-state index is 12.9. The topological polar surface area (TPSA) is 64.6 Å². The van der Waals surface area contributed by atoms with Gasteiger partial charge < -0.3 is 14.8 Å². The lowest BCUT2D eigenvalue weighted by Crippen LogP contribution is -2.40. The van der Waals surface area contributed by atoms with E-state index in [1.165, 1.54) is 0 Å². The van der Waals surface area contributed by atoms with E-state index in [2.05, 4.69) is 21.2 Å². The number of alkyl halides is 1. The van der Waals surface area contributed by atoms with E-state index in [0.717, 1.165) is 17.7 Å². The second-order valence-electron chi connectivity index (χ2n) is 7.89. The van der Waals surface area contributed by atoms with Gasteiger partial charge in [-0.25, -0.2) is 0 Å². The maximum Gasteiger partial charge on any atom is 0.310 e. The molecule has 3 aliphatic rings. The number of rotatable bonds is 4. The first-order valence-electron chi connectivity index (χ1n) is 9.51. The molecule has 6 heteroatoms. The Morgan fingerprint density at radius 2 is 1.93 bits per heavy atom. The van der Waals surface area contributed by atoms with Crippen LogP contribution in [0.15, 0.2) is 48.5 Å². The molecule has 1 heterocycles. The second kappa shape index (κ2) is 6.62.